The summed E-state index contributed by atoms with van der Waals surface area (Å²) in [6.07, 6.45) is 3.93. The van der Waals surface area contributed by atoms with Crippen LogP contribution in [-0.4, -0.2) is 16.3 Å². The summed E-state index contributed by atoms with van der Waals surface area (Å²) in [4.78, 5) is 0. The summed E-state index contributed by atoms with van der Waals surface area (Å²) in [6.45, 7) is 0. The van der Waals surface area contributed by atoms with E-state index >= 15 is 0 Å². The average molecular weight is 205 g/mol. The second kappa shape index (κ2) is 3.07. The monoisotopic (exact) mass is 204 g/mol. The molecule has 5 heteroatoms. The third-order valence-corrected chi connectivity index (χ3v) is 2.26. The molecule has 12 heavy (non-hydrogen) atoms. The number of aromatic nitrogens is 2. The van der Waals surface area contributed by atoms with Gasteiger partial charge in [-0.2, -0.15) is 5.10 Å². The highest BCUT2D eigenvalue weighted by molar-refractivity contribution is 6.42. The molecule has 1 aliphatic carbocycles. The zero-order chi connectivity index (χ0) is 8.55. The second-order valence-corrected chi connectivity index (χ2v) is 3.37. The van der Waals surface area contributed by atoms with Crippen molar-refractivity contribution in [2.45, 2.75) is 18.9 Å². The molecule has 1 fully saturated rings. The van der Waals surface area contributed by atoms with E-state index in [2.05, 4.69) is 10.2 Å². The van der Waals surface area contributed by atoms with Crippen LogP contribution in [0.1, 0.15) is 12.8 Å². The Balaban J connectivity index is 2.23. The Kier molecular flexibility index (Phi) is 2.07. The maximum absolute atomic E-state index is 5.81. The van der Waals surface area contributed by atoms with E-state index in [1.807, 2.05) is 0 Å². The summed E-state index contributed by atoms with van der Waals surface area (Å²) in [7, 11) is 0. The van der Waals surface area contributed by atoms with Crippen molar-refractivity contribution in [2.75, 3.05) is 0 Å². The minimum atomic E-state index is 0.190. The molecule has 0 saturated heterocycles. The fourth-order valence-corrected chi connectivity index (χ4v) is 1.05. The smallest absolute Gasteiger partial charge is 0.174 e. The van der Waals surface area contributed by atoms with Gasteiger partial charge in [-0.1, -0.05) is 23.2 Å². The van der Waals surface area contributed by atoms with Crippen molar-refractivity contribution in [1.82, 2.24) is 10.2 Å². The zero-order valence-electron chi connectivity index (χ0n) is 6.13. The number of hydrogen-bond donors (Lipinski definition) is 0. The molecule has 0 amide bonds. The van der Waals surface area contributed by atoms with Gasteiger partial charge in [0.05, 0.1) is 12.3 Å². The molecular formula is C7H6Cl2N2O. The summed E-state index contributed by atoms with van der Waals surface area (Å²) in [5, 5.41) is 7.74. The molecule has 0 aliphatic heterocycles. The van der Waals surface area contributed by atoms with E-state index in [9.17, 15) is 0 Å². The van der Waals surface area contributed by atoms with E-state index < -0.39 is 0 Å². The highest BCUT2D eigenvalue weighted by Gasteiger charge is 2.25. The Morgan fingerprint density at radius 3 is 2.83 bits per heavy atom. The fourth-order valence-electron chi connectivity index (χ4n) is 0.782. The molecule has 1 aliphatic rings. The summed E-state index contributed by atoms with van der Waals surface area (Å²) in [5.74, 6) is 0.527. The van der Waals surface area contributed by atoms with Crippen LogP contribution in [0.25, 0.3) is 0 Å². The molecule has 1 saturated carbocycles. The van der Waals surface area contributed by atoms with Crippen LogP contribution in [0, 0.1) is 0 Å². The van der Waals surface area contributed by atoms with Crippen LogP contribution in [0.3, 0.4) is 0 Å². The molecule has 1 aromatic heterocycles. The molecule has 0 radical (unpaired) electrons. The van der Waals surface area contributed by atoms with Gasteiger partial charge in [-0.15, -0.1) is 5.10 Å². The van der Waals surface area contributed by atoms with Crippen LogP contribution in [0.15, 0.2) is 6.20 Å². The molecule has 64 valence electrons. The third-order valence-electron chi connectivity index (χ3n) is 1.54. The predicted octanol–water partition coefficient (Wildman–Crippen LogP) is 2.32. The van der Waals surface area contributed by atoms with E-state index in [0.717, 1.165) is 12.8 Å². The van der Waals surface area contributed by atoms with Crippen molar-refractivity contribution >= 4 is 23.2 Å². The lowest BCUT2D eigenvalue weighted by atomic mass is 10.5. The molecule has 3 nitrogen and oxygen atoms in total. The van der Waals surface area contributed by atoms with Crippen molar-refractivity contribution in [3.05, 3.63) is 16.4 Å². The Hall–Kier alpha value is -0.540. The van der Waals surface area contributed by atoms with Gasteiger partial charge in [-0.05, 0) is 12.8 Å². The lowest BCUT2D eigenvalue weighted by Gasteiger charge is -2.04. The van der Waals surface area contributed by atoms with Crippen LogP contribution in [0.4, 0.5) is 0 Å². The van der Waals surface area contributed by atoms with Crippen LogP contribution in [0.2, 0.25) is 10.2 Å². The quantitative estimate of drug-likeness (QED) is 0.742. The minimum absolute atomic E-state index is 0.190. The molecular weight excluding hydrogens is 199 g/mol. The summed E-state index contributed by atoms with van der Waals surface area (Å²) >= 11 is 11.4. The van der Waals surface area contributed by atoms with Gasteiger partial charge < -0.3 is 4.74 Å². The molecule has 1 heterocycles. The topological polar surface area (TPSA) is 35.0 Å². The Morgan fingerprint density at radius 2 is 2.17 bits per heavy atom. The maximum Gasteiger partial charge on any atom is 0.174 e. The Labute approximate surface area is 79.6 Å². The SMILES string of the molecule is Clc1nncc(OC2CC2)c1Cl. The van der Waals surface area contributed by atoms with Gasteiger partial charge in [0.2, 0.25) is 0 Å². The lowest BCUT2D eigenvalue weighted by molar-refractivity contribution is 0.301. The molecule has 0 unspecified atom stereocenters. The largest absolute Gasteiger partial charge is 0.487 e. The van der Waals surface area contributed by atoms with Crippen LogP contribution in [-0.2, 0) is 0 Å². The normalized spacial score (nSPS) is 16.2. The number of rotatable bonds is 2. The number of halogens is 2. The van der Waals surface area contributed by atoms with Crippen LogP contribution < -0.4 is 4.74 Å². The van der Waals surface area contributed by atoms with E-state index in [1.165, 1.54) is 6.20 Å². The molecule has 0 N–H and O–H groups in total. The second-order valence-electron chi connectivity index (χ2n) is 2.63. The molecule has 0 spiro atoms. The molecule has 0 aromatic carbocycles. The number of ether oxygens (including phenoxy) is 1. The molecule has 1 aromatic rings. The van der Waals surface area contributed by atoms with E-state index in [0.29, 0.717) is 16.9 Å². The predicted molar refractivity (Wildman–Crippen MR) is 45.7 cm³/mol. The van der Waals surface area contributed by atoms with E-state index in [-0.39, 0.29) is 5.15 Å². The third kappa shape index (κ3) is 1.62. The highest BCUT2D eigenvalue weighted by atomic mass is 35.5. The van der Waals surface area contributed by atoms with Gasteiger partial charge >= 0.3 is 0 Å². The van der Waals surface area contributed by atoms with Crippen molar-refractivity contribution in [3.8, 4) is 5.75 Å². The van der Waals surface area contributed by atoms with Crippen molar-refractivity contribution in [2.24, 2.45) is 0 Å². The van der Waals surface area contributed by atoms with Gasteiger partial charge in [0, 0.05) is 0 Å². The van der Waals surface area contributed by atoms with E-state index in [1.54, 1.807) is 0 Å². The number of nitrogens with zero attached hydrogens (tertiary/aromatic N) is 2. The van der Waals surface area contributed by atoms with Crippen molar-refractivity contribution < 1.29 is 4.74 Å². The van der Waals surface area contributed by atoms with Crippen molar-refractivity contribution in [3.63, 3.8) is 0 Å². The van der Waals surface area contributed by atoms with Crippen LogP contribution >= 0.6 is 23.2 Å². The summed E-state index contributed by atoms with van der Waals surface area (Å²) < 4.78 is 5.42. The van der Waals surface area contributed by atoms with Gasteiger partial charge in [0.1, 0.15) is 5.02 Å². The Bertz CT molecular complexity index is 301. The fraction of sp³-hybridized carbons (Fsp3) is 0.429. The minimum Gasteiger partial charge on any atom is -0.487 e. The summed E-state index contributed by atoms with van der Waals surface area (Å²) in [6, 6.07) is 0. The Morgan fingerprint density at radius 1 is 1.42 bits per heavy atom. The maximum atomic E-state index is 5.81. The first-order chi connectivity index (χ1) is 5.77. The average Bonchev–Trinajstić information content (AvgIpc) is 2.83. The first-order valence-electron chi connectivity index (χ1n) is 3.60. The molecule has 0 bridgehead atoms. The summed E-state index contributed by atoms with van der Waals surface area (Å²) in [5.41, 5.74) is 0. The number of hydrogen-bond acceptors (Lipinski definition) is 3. The first kappa shape index (κ1) is 8.08. The molecule has 2 rings (SSSR count). The van der Waals surface area contributed by atoms with Gasteiger partial charge in [-0.3, -0.25) is 0 Å². The van der Waals surface area contributed by atoms with Crippen LogP contribution in [0.5, 0.6) is 5.75 Å². The van der Waals surface area contributed by atoms with E-state index in [4.69, 9.17) is 27.9 Å². The van der Waals surface area contributed by atoms with Gasteiger partial charge in [-0.25, -0.2) is 0 Å². The first-order valence-corrected chi connectivity index (χ1v) is 4.36. The highest BCUT2D eigenvalue weighted by Crippen LogP contribution is 2.33. The standard InChI is InChI=1S/C7H6Cl2N2O/c8-6-5(12-4-1-2-4)3-10-11-7(6)9/h3-4H,1-2H2. The van der Waals surface area contributed by atoms with Crippen molar-refractivity contribution in [1.29, 1.82) is 0 Å². The van der Waals surface area contributed by atoms with Gasteiger partial charge in [0.15, 0.2) is 10.9 Å². The van der Waals surface area contributed by atoms with Gasteiger partial charge in [0.25, 0.3) is 0 Å². The lowest BCUT2D eigenvalue weighted by Crippen LogP contribution is -1.98. The molecule has 0 atom stereocenters. The zero-order valence-corrected chi connectivity index (χ0v) is 7.64.